The summed E-state index contributed by atoms with van der Waals surface area (Å²) in [5.41, 5.74) is 2.46. The standard InChI is InChI=1S/C20H23ClN4O2/c21-16-3-1-2-4-19(16)24-7-9-25(10-8-24)20(26)18-13-17(22-14-23-18)15-5-11-27-12-6-15/h1-4,13-15H,5-12H2. The van der Waals surface area contributed by atoms with Crippen LogP contribution in [0.5, 0.6) is 0 Å². The first kappa shape index (κ1) is 18.2. The van der Waals surface area contributed by atoms with E-state index in [1.54, 1.807) is 0 Å². The Morgan fingerprint density at radius 1 is 1.07 bits per heavy atom. The number of hydrogen-bond acceptors (Lipinski definition) is 5. The summed E-state index contributed by atoms with van der Waals surface area (Å²) in [5, 5.41) is 0.745. The van der Waals surface area contributed by atoms with Gasteiger partial charge in [-0.15, -0.1) is 0 Å². The lowest BCUT2D eigenvalue weighted by atomic mass is 9.96. The molecule has 1 aromatic carbocycles. The van der Waals surface area contributed by atoms with E-state index < -0.39 is 0 Å². The Hall–Kier alpha value is -2.18. The average Bonchev–Trinajstić information content (AvgIpc) is 2.74. The van der Waals surface area contributed by atoms with Gasteiger partial charge in [0, 0.05) is 51.0 Å². The van der Waals surface area contributed by atoms with Gasteiger partial charge in [-0.1, -0.05) is 23.7 Å². The maximum atomic E-state index is 12.9. The summed E-state index contributed by atoms with van der Waals surface area (Å²) < 4.78 is 5.42. The minimum absolute atomic E-state index is 0.0236. The van der Waals surface area contributed by atoms with Crippen molar-refractivity contribution < 1.29 is 9.53 Å². The Labute approximate surface area is 164 Å². The van der Waals surface area contributed by atoms with E-state index in [0.29, 0.717) is 24.7 Å². The fourth-order valence-corrected chi connectivity index (χ4v) is 3.98. The third-order valence-corrected chi connectivity index (χ3v) is 5.63. The maximum absolute atomic E-state index is 12.9. The average molecular weight is 387 g/mol. The van der Waals surface area contributed by atoms with Crippen LogP contribution < -0.4 is 4.90 Å². The van der Waals surface area contributed by atoms with E-state index >= 15 is 0 Å². The van der Waals surface area contributed by atoms with Gasteiger partial charge < -0.3 is 14.5 Å². The number of carbonyl (C=O) groups is 1. The fraction of sp³-hybridized carbons (Fsp3) is 0.450. The molecule has 2 saturated heterocycles. The van der Waals surface area contributed by atoms with E-state index in [-0.39, 0.29) is 5.91 Å². The zero-order valence-electron chi connectivity index (χ0n) is 15.2. The van der Waals surface area contributed by atoms with Crippen molar-refractivity contribution in [1.82, 2.24) is 14.9 Å². The number of carbonyl (C=O) groups excluding carboxylic acids is 1. The van der Waals surface area contributed by atoms with Gasteiger partial charge in [0.05, 0.1) is 10.7 Å². The molecule has 0 aliphatic carbocycles. The minimum Gasteiger partial charge on any atom is -0.381 e. The number of piperazine rings is 1. The molecule has 0 bridgehead atoms. The van der Waals surface area contributed by atoms with Gasteiger partial charge >= 0.3 is 0 Å². The summed E-state index contributed by atoms with van der Waals surface area (Å²) in [6, 6.07) is 9.69. The lowest BCUT2D eigenvalue weighted by Crippen LogP contribution is -2.49. The van der Waals surface area contributed by atoms with Gasteiger partial charge in [-0.05, 0) is 31.0 Å². The van der Waals surface area contributed by atoms with E-state index in [9.17, 15) is 4.79 Å². The van der Waals surface area contributed by atoms with Crippen LogP contribution >= 0.6 is 11.6 Å². The Morgan fingerprint density at radius 3 is 2.56 bits per heavy atom. The highest BCUT2D eigenvalue weighted by Crippen LogP contribution is 2.27. The molecule has 2 fully saturated rings. The number of nitrogens with zero attached hydrogens (tertiary/aromatic N) is 4. The number of ether oxygens (including phenoxy) is 1. The first-order valence-electron chi connectivity index (χ1n) is 9.41. The van der Waals surface area contributed by atoms with Gasteiger partial charge in [0.1, 0.15) is 12.0 Å². The Bertz CT molecular complexity index is 802. The van der Waals surface area contributed by atoms with Gasteiger partial charge in [0.25, 0.3) is 5.91 Å². The first-order valence-corrected chi connectivity index (χ1v) is 9.78. The second-order valence-electron chi connectivity index (χ2n) is 6.95. The van der Waals surface area contributed by atoms with Crippen LogP contribution in [0.25, 0.3) is 0 Å². The number of amides is 1. The van der Waals surface area contributed by atoms with Gasteiger partial charge in [-0.2, -0.15) is 0 Å². The molecule has 7 heteroatoms. The van der Waals surface area contributed by atoms with Crippen LogP contribution in [0.2, 0.25) is 5.02 Å². The highest BCUT2D eigenvalue weighted by molar-refractivity contribution is 6.33. The molecule has 1 aromatic heterocycles. The first-order chi connectivity index (χ1) is 13.2. The minimum atomic E-state index is -0.0236. The molecule has 6 nitrogen and oxygen atoms in total. The fourth-order valence-electron chi connectivity index (χ4n) is 3.73. The van der Waals surface area contributed by atoms with Crippen LogP contribution in [0.15, 0.2) is 36.7 Å². The second kappa shape index (κ2) is 8.23. The normalized spacial score (nSPS) is 18.6. The molecule has 0 atom stereocenters. The van der Waals surface area contributed by atoms with Crippen LogP contribution in [-0.4, -0.2) is 60.2 Å². The molecular formula is C20H23ClN4O2. The molecule has 0 saturated carbocycles. The van der Waals surface area contributed by atoms with E-state index in [1.807, 2.05) is 35.2 Å². The Balaban J connectivity index is 1.41. The molecule has 0 N–H and O–H groups in total. The summed E-state index contributed by atoms with van der Waals surface area (Å²) in [4.78, 5) is 25.6. The molecule has 0 spiro atoms. The molecule has 2 aliphatic heterocycles. The highest BCUT2D eigenvalue weighted by atomic mass is 35.5. The SMILES string of the molecule is O=C(c1cc(C2CCOCC2)ncn1)N1CCN(c2ccccc2Cl)CC1. The van der Waals surface area contributed by atoms with Crippen LogP contribution in [-0.2, 0) is 4.74 Å². The lowest BCUT2D eigenvalue weighted by molar-refractivity contribution is 0.0739. The summed E-state index contributed by atoms with van der Waals surface area (Å²) in [6.45, 7) is 4.33. The van der Waals surface area contributed by atoms with Crippen LogP contribution in [0, 0.1) is 0 Å². The molecule has 1 amide bonds. The number of benzene rings is 1. The number of aromatic nitrogens is 2. The predicted octanol–water partition coefficient (Wildman–Crippen LogP) is 2.99. The van der Waals surface area contributed by atoms with Crippen molar-refractivity contribution in [1.29, 1.82) is 0 Å². The number of halogens is 1. The molecule has 0 radical (unpaired) electrons. The number of para-hydroxylation sites is 1. The second-order valence-corrected chi connectivity index (χ2v) is 7.35. The summed E-state index contributed by atoms with van der Waals surface area (Å²) in [7, 11) is 0. The molecule has 142 valence electrons. The van der Waals surface area contributed by atoms with E-state index in [4.69, 9.17) is 16.3 Å². The molecular weight excluding hydrogens is 364 g/mol. The van der Waals surface area contributed by atoms with E-state index in [0.717, 1.165) is 55.5 Å². The summed E-state index contributed by atoms with van der Waals surface area (Å²) in [5.74, 6) is 0.329. The van der Waals surface area contributed by atoms with Crippen molar-refractivity contribution in [3.63, 3.8) is 0 Å². The van der Waals surface area contributed by atoms with Gasteiger partial charge in [0.15, 0.2) is 0 Å². The van der Waals surface area contributed by atoms with Gasteiger partial charge in [0.2, 0.25) is 0 Å². The third kappa shape index (κ3) is 4.06. The van der Waals surface area contributed by atoms with E-state index in [1.165, 1.54) is 6.33 Å². The van der Waals surface area contributed by atoms with Crippen molar-refractivity contribution >= 4 is 23.2 Å². The highest BCUT2D eigenvalue weighted by Gasteiger charge is 2.25. The topological polar surface area (TPSA) is 58.6 Å². The van der Waals surface area contributed by atoms with E-state index in [2.05, 4.69) is 14.9 Å². The number of hydrogen-bond donors (Lipinski definition) is 0. The van der Waals surface area contributed by atoms with Crippen molar-refractivity contribution in [2.24, 2.45) is 0 Å². The third-order valence-electron chi connectivity index (χ3n) is 5.31. The summed E-state index contributed by atoms with van der Waals surface area (Å²) >= 11 is 6.30. The monoisotopic (exact) mass is 386 g/mol. The number of anilines is 1. The zero-order chi connectivity index (χ0) is 18.6. The molecule has 3 heterocycles. The smallest absolute Gasteiger partial charge is 0.272 e. The van der Waals surface area contributed by atoms with Crippen LogP contribution in [0.1, 0.15) is 34.9 Å². The van der Waals surface area contributed by atoms with Crippen molar-refractivity contribution in [3.05, 3.63) is 53.1 Å². The maximum Gasteiger partial charge on any atom is 0.272 e. The molecule has 27 heavy (non-hydrogen) atoms. The predicted molar refractivity (Wildman–Crippen MR) is 104 cm³/mol. The van der Waals surface area contributed by atoms with Gasteiger partial charge in [-0.3, -0.25) is 4.79 Å². The summed E-state index contributed by atoms with van der Waals surface area (Å²) in [6.07, 6.45) is 3.40. The van der Waals surface area contributed by atoms with Gasteiger partial charge in [-0.25, -0.2) is 9.97 Å². The van der Waals surface area contributed by atoms with Crippen LogP contribution in [0.3, 0.4) is 0 Å². The quantitative estimate of drug-likeness (QED) is 0.811. The molecule has 0 unspecified atom stereocenters. The van der Waals surface area contributed by atoms with Crippen molar-refractivity contribution in [3.8, 4) is 0 Å². The Kier molecular flexibility index (Phi) is 5.55. The largest absolute Gasteiger partial charge is 0.381 e. The number of rotatable bonds is 3. The molecule has 2 aromatic rings. The van der Waals surface area contributed by atoms with Crippen LogP contribution in [0.4, 0.5) is 5.69 Å². The van der Waals surface area contributed by atoms with Crippen molar-refractivity contribution in [2.75, 3.05) is 44.3 Å². The molecule has 2 aliphatic rings. The van der Waals surface area contributed by atoms with Crippen molar-refractivity contribution in [2.45, 2.75) is 18.8 Å². The molecule has 4 rings (SSSR count). The Morgan fingerprint density at radius 2 is 1.81 bits per heavy atom. The zero-order valence-corrected chi connectivity index (χ0v) is 15.9. The lowest BCUT2D eigenvalue weighted by Gasteiger charge is -2.36.